The van der Waals surface area contributed by atoms with Gasteiger partial charge in [-0.05, 0) is 44.7 Å². The van der Waals surface area contributed by atoms with E-state index in [1.54, 1.807) is 0 Å². The van der Waals surface area contributed by atoms with Gasteiger partial charge in [0.15, 0.2) is 5.82 Å². The molecule has 1 saturated carbocycles. The van der Waals surface area contributed by atoms with Crippen LogP contribution in [0.5, 0.6) is 0 Å². The number of carbonyl (C=O) groups is 1. The first-order chi connectivity index (χ1) is 15.1. The van der Waals surface area contributed by atoms with Crippen molar-refractivity contribution in [3.63, 3.8) is 0 Å². The number of benzene rings is 1. The van der Waals surface area contributed by atoms with E-state index in [0.29, 0.717) is 17.3 Å². The Hall–Kier alpha value is -2.80. The number of hydrogen-bond acceptors (Lipinski definition) is 6. The molecule has 3 aromatic rings. The average molecular weight is 421 g/mol. The quantitative estimate of drug-likeness (QED) is 0.612. The fourth-order valence-electron chi connectivity index (χ4n) is 4.78. The van der Waals surface area contributed by atoms with Gasteiger partial charge in [-0.2, -0.15) is 4.98 Å². The maximum Gasteiger partial charge on any atom is 0.255 e. The van der Waals surface area contributed by atoms with Crippen LogP contribution < -0.4 is 5.32 Å². The topological polar surface area (TPSA) is 90.1 Å². The number of aromatic nitrogens is 3. The number of amides is 1. The summed E-state index contributed by atoms with van der Waals surface area (Å²) in [6.07, 6.45) is 7.64. The first-order valence-electron chi connectivity index (χ1n) is 11.3. The van der Waals surface area contributed by atoms with Gasteiger partial charge in [-0.3, -0.25) is 9.78 Å². The van der Waals surface area contributed by atoms with Crippen LogP contribution in [0.1, 0.15) is 85.2 Å². The molecule has 1 aliphatic heterocycles. The summed E-state index contributed by atoms with van der Waals surface area (Å²) in [5.74, 6) is 0.944. The number of rotatable bonds is 4. The lowest BCUT2D eigenvalue weighted by molar-refractivity contribution is 0.0833. The summed E-state index contributed by atoms with van der Waals surface area (Å²) in [6, 6.07) is 9.68. The lowest BCUT2D eigenvalue weighted by atomic mass is 9.88. The monoisotopic (exact) mass is 420 g/mol. The van der Waals surface area contributed by atoms with Crippen LogP contribution in [-0.2, 0) is 10.3 Å². The number of hydrogen-bond donors (Lipinski definition) is 1. The second-order valence-corrected chi connectivity index (χ2v) is 8.74. The smallest absolute Gasteiger partial charge is 0.255 e. The molecule has 31 heavy (non-hydrogen) atoms. The summed E-state index contributed by atoms with van der Waals surface area (Å²) < 4.78 is 11.3. The molecule has 1 aliphatic carbocycles. The Morgan fingerprint density at radius 2 is 1.90 bits per heavy atom. The molecule has 0 spiro atoms. The van der Waals surface area contributed by atoms with E-state index in [1.165, 1.54) is 0 Å². The molecule has 7 nitrogen and oxygen atoms in total. The van der Waals surface area contributed by atoms with E-state index < -0.39 is 5.54 Å². The molecule has 1 unspecified atom stereocenters. The summed E-state index contributed by atoms with van der Waals surface area (Å²) in [5.41, 5.74) is 1.54. The minimum absolute atomic E-state index is 0.134. The Morgan fingerprint density at radius 3 is 2.68 bits per heavy atom. The third-order valence-corrected chi connectivity index (χ3v) is 6.49. The van der Waals surface area contributed by atoms with E-state index in [0.717, 1.165) is 74.6 Å². The van der Waals surface area contributed by atoms with E-state index in [1.807, 2.05) is 37.3 Å². The first-order valence-corrected chi connectivity index (χ1v) is 11.3. The van der Waals surface area contributed by atoms with Gasteiger partial charge in [-0.15, -0.1) is 0 Å². The van der Waals surface area contributed by atoms with Gasteiger partial charge >= 0.3 is 0 Å². The molecule has 3 heterocycles. The van der Waals surface area contributed by atoms with Crippen molar-refractivity contribution in [1.29, 1.82) is 0 Å². The molecule has 2 fully saturated rings. The second-order valence-electron chi connectivity index (χ2n) is 8.74. The molecular weight excluding hydrogens is 392 g/mol. The van der Waals surface area contributed by atoms with Gasteiger partial charge in [0.05, 0.1) is 11.1 Å². The Balaban J connectivity index is 1.50. The van der Waals surface area contributed by atoms with Crippen molar-refractivity contribution in [3.8, 4) is 0 Å². The summed E-state index contributed by atoms with van der Waals surface area (Å²) in [4.78, 5) is 22.9. The fourth-order valence-corrected chi connectivity index (χ4v) is 4.78. The lowest BCUT2D eigenvalue weighted by Crippen LogP contribution is -2.46. The number of nitrogens with zero attached hydrogens (tertiary/aromatic N) is 3. The zero-order valence-electron chi connectivity index (χ0n) is 17.9. The molecule has 1 amide bonds. The summed E-state index contributed by atoms with van der Waals surface area (Å²) in [6.45, 7) is 2.66. The van der Waals surface area contributed by atoms with Crippen molar-refractivity contribution >= 4 is 16.8 Å². The molecule has 1 atom stereocenters. The molecule has 0 radical (unpaired) electrons. The Labute approximate surface area is 181 Å². The summed E-state index contributed by atoms with van der Waals surface area (Å²) in [7, 11) is 0. The number of pyridine rings is 1. The molecule has 1 saturated heterocycles. The van der Waals surface area contributed by atoms with Crippen molar-refractivity contribution < 1.29 is 14.1 Å². The van der Waals surface area contributed by atoms with Gasteiger partial charge in [0.25, 0.3) is 11.8 Å². The van der Waals surface area contributed by atoms with Crippen LogP contribution >= 0.6 is 0 Å². The van der Waals surface area contributed by atoms with Gasteiger partial charge in [0, 0.05) is 17.7 Å². The Morgan fingerprint density at radius 1 is 1.06 bits per heavy atom. The van der Waals surface area contributed by atoms with Crippen molar-refractivity contribution in [2.45, 2.75) is 69.9 Å². The van der Waals surface area contributed by atoms with E-state index in [2.05, 4.69) is 15.5 Å². The van der Waals surface area contributed by atoms with Gasteiger partial charge in [-0.1, -0.05) is 49.0 Å². The molecule has 162 valence electrons. The predicted octanol–water partition coefficient (Wildman–Crippen LogP) is 4.76. The van der Waals surface area contributed by atoms with Gasteiger partial charge < -0.3 is 14.6 Å². The van der Waals surface area contributed by atoms with E-state index in [-0.39, 0.29) is 12.0 Å². The van der Waals surface area contributed by atoms with Crippen molar-refractivity contribution in [2.75, 3.05) is 6.61 Å². The largest absolute Gasteiger partial charge is 0.368 e. The summed E-state index contributed by atoms with van der Waals surface area (Å²) in [5, 5.41) is 8.59. The van der Waals surface area contributed by atoms with Gasteiger partial charge in [0.1, 0.15) is 11.6 Å². The van der Waals surface area contributed by atoms with Crippen molar-refractivity contribution in [1.82, 2.24) is 20.4 Å². The zero-order valence-corrected chi connectivity index (χ0v) is 17.9. The Bertz CT molecular complexity index is 1080. The molecule has 5 rings (SSSR count). The number of para-hydroxylation sites is 1. The maximum atomic E-state index is 13.5. The van der Waals surface area contributed by atoms with Crippen LogP contribution in [0, 0.1) is 6.92 Å². The molecule has 0 bridgehead atoms. The molecule has 1 aromatic carbocycles. The van der Waals surface area contributed by atoms with Crippen LogP contribution in [-0.4, -0.2) is 27.6 Å². The predicted molar refractivity (Wildman–Crippen MR) is 116 cm³/mol. The minimum atomic E-state index is -0.639. The Kier molecular flexibility index (Phi) is 5.44. The third kappa shape index (κ3) is 3.94. The number of nitrogens with one attached hydrogen (secondary N) is 1. The number of carbonyl (C=O) groups excluding carboxylic acids is 1. The average Bonchev–Trinajstić information content (AvgIpc) is 3.43. The molecule has 1 N–H and O–H groups in total. The van der Waals surface area contributed by atoms with Crippen LogP contribution in [0.2, 0.25) is 0 Å². The number of aryl methyl sites for hydroxylation is 1. The normalized spacial score (nSPS) is 21.1. The zero-order chi connectivity index (χ0) is 21.3. The highest BCUT2D eigenvalue weighted by molar-refractivity contribution is 6.05. The first kappa shape index (κ1) is 20.1. The van der Waals surface area contributed by atoms with Gasteiger partial charge in [0.2, 0.25) is 0 Å². The molecule has 2 aliphatic rings. The van der Waals surface area contributed by atoms with E-state index >= 15 is 0 Å². The van der Waals surface area contributed by atoms with Crippen LogP contribution in [0.25, 0.3) is 10.9 Å². The van der Waals surface area contributed by atoms with Crippen molar-refractivity contribution in [2.24, 2.45) is 0 Å². The second kappa shape index (κ2) is 8.38. The third-order valence-electron chi connectivity index (χ3n) is 6.49. The van der Waals surface area contributed by atoms with Gasteiger partial charge in [-0.25, -0.2) is 0 Å². The van der Waals surface area contributed by atoms with E-state index in [9.17, 15) is 4.79 Å². The van der Waals surface area contributed by atoms with Crippen LogP contribution in [0.3, 0.4) is 0 Å². The number of fused-ring (bicyclic) bond motifs is 1. The SMILES string of the molecule is Cc1ccc2cccc(C(=O)NC3(c4noc(C5CCCO5)n4)CCCCCC3)c2n1. The van der Waals surface area contributed by atoms with Crippen LogP contribution in [0.4, 0.5) is 0 Å². The number of ether oxygens (including phenoxy) is 1. The molecular formula is C24H28N4O3. The highest BCUT2D eigenvalue weighted by Crippen LogP contribution is 2.37. The molecule has 7 heteroatoms. The lowest BCUT2D eigenvalue weighted by Gasteiger charge is -2.31. The summed E-state index contributed by atoms with van der Waals surface area (Å²) >= 11 is 0. The van der Waals surface area contributed by atoms with Crippen LogP contribution in [0.15, 0.2) is 34.9 Å². The maximum absolute atomic E-state index is 13.5. The standard InChI is InChI=1S/C24H28N4O3/c1-16-11-12-17-8-6-9-18(20(17)25-16)21(29)27-24(13-4-2-3-5-14-24)23-26-22(31-28-23)19-10-7-15-30-19/h6,8-9,11-12,19H,2-5,7,10,13-15H2,1H3,(H,27,29). The molecule has 2 aromatic heterocycles. The fraction of sp³-hybridized carbons (Fsp3) is 0.500. The highest BCUT2D eigenvalue weighted by Gasteiger charge is 2.40. The highest BCUT2D eigenvalue weighted by atomic mass is 16.5. The minimum Gasteiger partial charge on any atom is -0.368 e. The van der Waals surface area contributed by atoms with Crippen molar-refractivity contribution in [3.05, 3.63) is 53.3 Å². The van der Waals surface area contributed by atoms with E-state index in [4.69, 9.17) is 14.2 Å².